The van der Waals surface area contributed by atoms with Crippen molar-refractivity contribution in [2.75, 3.05) is 13.0 Å². The molecule has 3 saturated carbocycles. The van der Waals surface area contributed by atoms with E-state index in [1.807, 2.05) is 0 Å². The summed E-state index contributed by atoms with van der Waals surface area (Å²) in [5.74, 6) is 1.51. The van der Waals surface area contributed by atoms with E-state index in [-0.39, 0.29) is 25.1 Å². The van der Waals surface area contributed by atoms with Gasteiger partial charge in [-0.15, -0.1) is 12.4 Å². The Hall–Kier alpha value is 0.235. The summed E-state index contributed by atoms with van der Waals surface area (Å²) in [4.78, 5) is 0. The van der Waals surface area contributed by atoms with Crippen molar-refractivity contribution in [3.8, 4) is 0 Å². The van der Waals surface area contributed by atoms with Gasteiger partial charge < -0.3 is 14.6 Å². The molecule has 3 aliphatic carbocycles. The minimum absolute atomic E-state index is 0. The largest absolute Gasteiger partial charge is 0.472 e. The van der Waals surface area contributed by atoms with Crippen LogP contribution in [0.4, 0.5) is 0 Å². The number of hydrogen-bond acceptors (Lipinski definition) is 3. The van der Waals surface area contributed by atoms with Gasteiger partial charge in [-0.05, 0) is 43.6 Å². The summed E-state index contributed by atoms with van der Waals surface area (Å²) in [6.07, 6.45) is 3.66. The lowest BCUT2D eigenvalue weighted by Crippen LogP contribution is -2.65. The smallest absolute Gasteiger partial charge is 0.405 e. The van der Waals surface area contributed by atoms with Crippen LogP contribution in [0.3, 0.4) is 0 Å². The van der Waals surface area contributed by atoms with Crippen molar-refractivity contribution >= 4 is 19.5 Å². The zero-order chi connectivity index (χ0) is 12.3. The molecular formula is C13H25BClNO2. The van der Waals surface area contributed by atoms with E-state index in [2.05, 4.69) is 33.0 Å². The van der Waals surface area contributed by atoms with Gasteiger partial charge >= 0.3 is 7.12 Å². The standard InChI is InChI=1S/C13H24BNO2.ClH/c1-5-15-8-14-16-11-7-9-6-10(12(9,2)3)13(11,4)17-14;/h9-11,15H,5-8H2,1-4H3;1H/t9-,10+,11+,13+;/m1./s1. The molecule has 4 atom stereocenters. The lowest BCUT2D eigenvalue weighted by molar-refractivity contribution is -0.199. The highest BCUT2D eigenvalue weighted by atomic mass is 35.5. The van der Waals surface area contributed by atoms with E-state index in [0.717, 1.165) is 18.9 Å². The molecule has 1 saturated heterocycles. The number of rotatable bonds is 3. The van der Waals surface area contributed by atoms with Gasteiger partial charge in [0.15, 0.2) is 0 Å². The maximum absolute atomic E-state index is 6.26. The molecule has 0 aromatic carbocycles. The molecule has 1 N–H and O–H groups in total. The molecule has 4 fully saturated rings. The second-order valence-electron chi connectivity index (χ2n) is 6.71. The molecule has 4 rings (SSSR count). The van der Waals surface area contributed by atoms with Crippen molar-refractivity contribution in [2.45, 2.75) is 52.2 Å². The van der Waals surface area contributed by atoms with Crippen LogP contribution in [-0.4, -0.2) is 31.8 Å². The first-order valence-corrected chi connectivity index (χ1v) is 7.02. The van der Waals surface area contributed by atoms with Crippen LogP contribution in [0.1, 0.15) is 40.5 Å². The van der Waals surface area contributed by atoms with E-state index >= 15 is 0 Å². The SMILES string of the molecule is CCNCB1O[C@H]2C[C@H]3C[C@@H](C3(C)C)[C@]2(C)O1.Cl. The van der Waals surface area contributed by atoms with Crippen LogP contribution >= 0.6 is 12.4 Å². The Morgan fingerprint density at radius 1 is 1.28 bits per heavy atom. The Morgan fingerprint density at radius 3 is 2.61 bits per heavy atom. The minimum atomic E-state index is -0.0433. The Kier molecular flexibility index (Phi) is 3.79. The summed E-state index contributed by atoms with van der Waals surface area (Å²) in [5, 5.41) is 3.32. The monoisotopic (exact) mass is 273 g/mol. The molecule has 0 unspecified atom stereocenters. The topological polar surface area (TPSA) is 30.5 Å². The third-order valence-electron chi connectivity index (χ3n) is 5.56. The van der Waals surface area contributed by atoms with Gasteiger partial charge in [-0.1, -0.05) is 20.8 Å². The predicted octanol–water partition coefficient (Wildman–Crippen LogP) is 2.29. The van der Waals surface area contributed by atoms with Gasteiger partial charge in [0.1, 0.15) is 0 Å². The van der Waals surface area contributed by atoms with Crippen molar-refractivity contribution in [3.63, 3.8) is 0 Å². The van der Waals surface area contributed by atoms with Crippen LogP contribution in [0.25, 0.3) is 0 Å². The molecule has 18 heavy (non-hydrogen) atoms. The third-order valence-corrected chi connectivity index (χ3v) is 5.56. The molecule has 1 aliphatic heterocycles. The van der Waals surface area contributed by atoms with Gasteiger partial charge in [0, 0.05) is 6.44 Å². The normalized spacial score (nSPS) is 44.0. The van der Waals surface area contributed by atoms with Crippen LogP contribution in [0.2, 0.25) is 0 Å². The molecule has 3 nitrogen and oxygen atoms in total. The molecule has 5 heteroatoms. The van der Waals surface area contributed by atoms with Gasteiger partial charge in [0.05, 0.1) is 11.7 Å². The number of nitrogens with one attached hydrogen (secondary N) is 1. The molecule has 0 aromatic rings. The van der Waals surface area contributed by atoms with Gasteiger partial charge in [-0.3, -0.25) is 0 Å². The lowest BCUT2D eigenvalue weighted by atomic mass is 9.43. The number of halogens is 1. The van der Waals surface area contributed by atoms with Crippen molar-refractivity contribution in [3.05, 3.63) is 0 Å². The first kappa shape index (κ1) is 14.6. The summed E-state index contributed by atoms with van der Waals surface area (Å²) in [5.41, 5.74) is 0.403. The van der Waals surface area contributed by atoms with Gasteiger partial charge in [0.25, 0.3) is 0 Å². The van der Waals surface area contributed by atoms with E-state index in [1.165, 1.54) is 12.8 Å². The zero-order valence-electron chi connectivity index (χ0n) is 11.9. The summed E-state index contributed by atoms with van der Waals surface area (Å²) in [6.45, 7) is 10.2. The molecule has 2 bridgehead atoms. The Bertz CT molecular complexity index is 328. The maximum Gasteiger partial charge on any atom is 0.472 e. The second-order valence-corrected chi connectivity index (χ2v) is 6.71. The van der Waals surface area contributed by atoms with Gasteiger partial charge in [-0.2, -0.15) is 0 Å². The van der Waals surface area contributed by atoms with E-state index < -0.39 is 0 Å². The second kappa shape index (κ2) is 4.66. The highest BCUT2D eigenvalue weighted by Gasteiger charge is 2.67. The van der Waals surface area contributed by atoms with E-state index in [4.69, 9.17) is 9.31 Å². The van der Waals surface area contributed by atoms with Gasteiger partial charge in [0.2, 0.25) is 0 Å². The average molecular weight is 274 g/mol. The molecule has 0 aromatic heterocycles. The maximum atomic E-state index is 6.26. The third kappa shape index (κ3) is 1.84. The first-order chi connectivity index (χ1) is 7.98. The average Bonchev–Trinajstić information content (AvgIpc) is 2.61. The Labute approximate surface area is 117 Å². The molecule has 0 radical (unpaired) electrons. The molecule has 0 amide bonds. The van der Waals surface area contributed by atoms with Crippen molar-refractivity contribution in [1.29, 1.82) is 0 Å². The molecular weight excluding hydrogens is 248 g/mol. The highest BCUT2D eigenvalue weighted by molar-refractivity contribution is 6.45. The summed E-state index contributed by atoms with van der Waals surface area (Å²) in [7, 11) is -0.0416. The fraction of sp³-hybridized carbons (Fsp3) is 1.00. The predicted molar refractivity (Wildman–Crippen MR) is 75.9 cm³/mol. The highest BCUT2D eigenvalue weighted by Crippen LogP contribution is 2.65. The van der Waals surface area contributed by atoms with Crippen LogP contribution in [0.15, 0.2) is 0 Å². The van der Waals surface area contributed by atoms with E-state index in [1.54, 1.807) is 0 Å². The van der Waals surface area contributed by atoms with E-state index in [9.17, 15) is 0 Å². The fourth-order valence-corrected chi connectivity index (χ4v) is 4.30. The fourth-order valence-electron chi connectivity index (χ4n) is 4.30. The van der Waals surface area contributed by atoms with Crippen LogP contribution in [0.5, 0.6) is 0 Å². The summed E-state index contributed by atoms with van der Waals surface area (Å²) >= 11 is 0. The van der Waals surface area contributed by atoms with E-state index in [0.29, 0.717) is 17.4 Å². The summed E-state index contributed by atoms with van der Waals surface area (Å²) < 4.78 is 12.3. The first-order valence-electron chi connectivity index (χ1n) is 7.02. The quantitative estimate of drug-likeness (QED) is 0.800. The minimum Gasteiger partial charge on any atom is -0.405 e. The molecule has 4 aliphatic rings. The van der Waals surface area contributed by atoms with Crippen molar-refractivity contribution in [1.82, 2.24) is 5.32 Å². The Morgan fingerprint density at radius 2 is 2.00 bits per heavy atom. The van der Waals surface area contributed by atoms with Crippen LogP contribution in [-0.2, 0) is 9.31 Å². The lowest BCUT2D eigenvalue weighted by Gasteiger charge is -2.64. The van der Waals surface area contributed by atoms with Crippen LogP contribution < -0.4 is 5.32 Å². The van der Waals surface area contributed by atoms with Crippen molar-refractivity contribution < 1.29 is 9.31 Å². The van der Waals surface area contributed by atoms with Crippen molar-refractivity contribution in [2.24, 2.45) is 17.3 Å². The molecule has 104 valence electrons. The van der Waals surface area contributed by atoms with Gasteiger partial charge in [-0.25, -0.2) is 0 Å². The Balaban J connectivity index is 0.00000120. The zero-order valence-corrected chi connectivity index (χ0v) is 12.7. The van der Waals surface area contributed by atoms with Crippen LogP contribution in [0, 0.1) is 17.3 Å². The molecule has 1 heterocycles. The summed E-state index contributed by atoms with van der Waals surface area (Å²) in [6, 6.07) is 0. The molecule has 0 spiro atoms. The number of hydrogen-bond donors (Lipinski definition) is 1.